The molecule has 2 N–H and O–H groups in total. The van der Waals surface area contributed by atoms with Gasteiger partial charge in [0.2, 0.25) is 0 Å². The van der Waals surface area contributed by atoms with Crippen molar-refractivity contribution in [2.24, 2.45) is 23.0 Å². The summed E-state index contributed by atoms with van der Waals surface area (Å²) < 4.78 is 0. The molecule has 3 atom stereocenters. The molecule has 1 saturated carbocycles. The standard InChI is InChI=1S/C15H30N2/c1-15(2,3)14(16)11-17-9-8-12-6-4-5-7-13(12)10-17/h12-14H,4-11,16H2,1-3H3. The molecule has 1 aliphatic carbocycles. The summed E-state index contributed by atoms with van der Waals surface area (Å²) in [5.41, 5.74) is 6.55. The molecule has 2 fully saturated rings. The van der Waals surface area contributed by atoms with Crippen molar-refractivity contribution in [1.82, 2.24) is 4.90 Å². The monoisotopic (exact) mass is 238 g/mol. The zero-order valence-electron chi connectivity index (χ0n) is 11.9. The van der Waals surface area contributed by atoms with Crippen LogP contribution in [0.15, 0.2) is 0 Å². The molecular formula is C15H30N2. The van der Waals surface area contributed by atoms with Crippen LogP contribution in [0, 0.1) is 17.3 Å². The number of nitrogens with zero attached hydrogens (tertiary/aromatic N) is 1. The summed E-state index contributed by atoms with van der Waals surface area (Å²) in [6, 6.07) is 0.308. The Hall–Kier alpha value is -0.0800. The third-order valence-electron chi connectivity index (χ3n) is 4.94. The van der Waals surface area contributed by atoms with Crippen LogP contribution in [-0.4, -0.2) is 30.6 Å². The third kappa shape index (κ3) is 3.45. The normalized spacial score (nSPS) is 33.2. The molecule has 3 unspecified atom stereocenters. The van der Waals surface area contributed by atoms with Crippen LogP contribution < -0.4 is 5.73 Å². The lowest BCUT2D eigenvalue weighted by molar-refractivity contribution is 0.0727. The minimum atomic E-state index is 0.239. The van der Waals surface area contributed by atoms with Gasteiger partial charge in [-0.2, -0.15) is 0 Å². The van der Waals surface area contributed by atoms with Crippen LogP contribution in [0.2, 0.25) is 0 Å². The summed E-state index contributed by atoms with van der Waals surface area (Å²) in [4.78, 5) is 2.63. The second kappa shape index (κ2) is 5.27. The lowest BCUT2D eigenvalue weighted by atomic mass is 9.75. The molecule has 2 aliphatic rings. The van der Waals surface area contributed by atoms with Crippen molar-refractivity contribution in [1.29, 1.82) is 0 Å². The van der Waals surface area contributed by atoms with E-state index < -0.39 is 0 Å². The summed E-state index contributed by atoms with van der Waals surface area (Å²) in [6.07, 6.45) is 7.31. The number of hydrogen-bond acceptors (Lipinski definition) is 2. The van der Waals surface area contributed by atoms with E-state index in [9.17, 15) is 0 Å². The second-order valence-electron chi connectivity index (χ2n) is 7.33. The number of nitrogens with two attached hydrogens (primary N) is 1. The number of fused-ring (bicyclic) bond motifs is 1. The molecule has 0 radical (unpaired) electrons. The highest BCUT2D eigenvalue weighted by Gasteiger charge is 2.32. The first-order chi connectivity index (χ1) is 7.97. The number of hydrogen-bond donors (Lipinski definition) is 1. The fourth-order valence-electron chi connectivity index (χ4n) is 3.39. The van der Waals surface area contributed by atoms with Gasteiger partial charge in [-0.25, -0.2) is 0 Å². The molecule has 1 heterocycles. The van der Waals surface area contributed by atoms with Gasteiger partial charge in [0.1, 0.15) is 0 Å². The zero-order valence-corrected chi connectivity index (χ0v) is 11.9. The van der Waals surface area contributed by atoms with Gasteiger partial charge in [-0.1, -0.05) is 40.0 Å². The molecule has 2 rings (SSSR count). The Balaban J connectivity index is 1.83. The van der Waals surface area contributed by atoms with E-state index in [4.69, 9.17) is 5.73 Å². The first-order valence-corrected chi connectivity index (χ1v) is 7.45. The van der Waals surface area contributed by atoms with Crippen molar-refractivity contribution in [2.75, 3.05) is 19.6 Å². The second-order valence-corrected chi connectivity index (χ2v) is 7.33. The van der Waals surface area contributed by atoms with Crippen LogP contribution in [-0.2, 0) is 0 Å². The number of rotatable bonds is 2. The molecule has 1 aliphatic heterocycles. The molecule has 2 heteroatoms. The van der Waals surface area contributed by atoms with Gasteiger partial charge in [0.25, 0.3) is 0 Å². The van der Waals surface area contributed by atoms with E-state index in [1.807, 2.05) is 0 Å². The molecular weight excluding hydrogens is 208 g/mol. The van der Waals surface area contributed by atoms with Crippen molar-refractivity contribution in [3.63, 3.8) is 0 Å². The van der Waals surface area contributed by atoms with Crippen molar-refractivity contribution in [3.8, 4) is 0 Å². The molecule has 0 aromatic heterocycles. The van der Waals surface area contributed by atoms with Crippen LogP contribution in [0.3, 0.4) is 0 Å². The van der Waals surface area contributed by atoms with E-state index in [1.54, 1.807) is 0 Å². The Morgan fingerprint density at radius 2 is 1.76 bits per heavy atom. The molecule has 0 aromatic carbocycles. The zero-order chi connectivity index (χ0) is 12.5. The first kappa shape index (κ1) is 13.4. The molecule has 0 bridgehead atoms. The summed E-state index contributed by atoms with van der Waals surface area (Å²) in [7, 11) is 0. The highest BCUT2D eigenvalue weighted by Crippen LogP contribution is 2.36. The Bertz CT molecular complexity index is 244. The summed E-state index contributed by atoms with van der Waals surface area (Å²) in [5, 5.41) is 0. The van der Waals surface area contributed by atoms with E-state index in [0.717, 1.165) is 18.4 Å². The Kier molecular flexibility index (Phi) is 4.14. The van der Waals surface area contributed by atoms with Crippen LogP contribution in [0.5, 0.6) is 0 Å². The first-order valence-electron chi connectivity index (χ1n) is 7.45. The van der Waals surface area contributed by atoms with E-state index in [2.05, 4.69) is 25.7 Å². The predicted molar refractivity (Wildman–Crippen MR) is 73.9 cm³/mol. The average molecular weight is 238 g/mol. The van der Waals surface area contributed by atoms with Gasteiger partial charge in [-0.15, -0.1) is 0 Å². The van der Waals surface area contributed by atoms with Gasteiger partial charge < -0.3 is 10.6 Å². The van der Waals surface area contributed by atoms with Crippen LogP contribution in [0.4, 0.5) is 0 Å². The van der Waals surface area contributed by atoms with Crippen LogP contribution in [0.1, 0.15) is 52.9 Å². The van der Waals surface area contributed by atoms with Crippen molar-refractivity contribution in [3.05, 3.63) is 0 Å². The third-order valence-corrected chi connectivity index (χ3v) is 4.94. The van der Waals surface area contributed by atoms with E-state index in [0.29, 0.717) is 6.04 Å². The average Bonchev–Trinajstić information content (AvgIpc) is 2.27. The highest BCUT2D eigenvalue weighted by molar-refractivity contribution is 4.87. The summed E-state index contributed by atoms with van der Waals surface area (Å²) >= 11 is 0. The molecule has 1 saturated heterocycles. The van der Waals surface area contributed by atoms with Crippen LogP contribution >= 0.6 is 0 Å². The topological polar surface area (TPSA) is 29.3 Å². The minimum Gasteiger partial charge on any atom is -0.326 e. The Morgan fingerprint density at radius 1 is 1.12 bits per heavy atom. The highest BCUT2D eigenvalue weighted by atomic mass is 15.1. The van der Waals surface area contributed by atoms with Crippen molar-refractivity contribution < 1.29 is 0 Å². The van der Waals surface area contributed by atoms with Gasteiger partial charge in [0.05, 0.1) is 0 Å². The smallest absolute Gasteiger partial charge is 0.0217 e. The van der Waals surface area contributed by atoms with E-state index in [-0.39, 0.29) is 5.41 Å². The SMILES string of the molecule is CC(C)(C)C(N)CN1CCC2CCCCC2C1. The lowest BCUT2D eigenvalue weighted by Crippen LogP contribution is -2.50. The van der Waals surface area contributed by atoms with Crippen molar-refractivity contribution >= 4 is 0 Å². The van der Waals surface area contributed by atoms with Gasteiger partial charge in [0.15, 0.2) is 0 Å². The molecule has 2 nitrogen and oxygen atoms in total. The predicted octanol–water partition coefficient (Wildman–Crippen LogP) is 2.87. The maximum absolute atomic E-state index is 6.31. The molecule has 17 heavy (non-hydrogen) atoms. The molecule has 0 amide bonds. The fraction of sp³-hybridized carbons (Fsp3) is 1.00. The Labute approximate surface area is 107 Å². The van der Waals surface area contributed by atoms with Gasteiger partial charge in [0, 0.05) is 19.1 Å². The van der Waals surface area contributed by atoms with Gasteiger partial charge in [-0.3, -0.25) is 0 Å². The van der Waals surface area contributed by atoms with E-state index >= 15 is 0 Å². The largest absolute Gasteiger partial charge is 0.326 e. The summed E-state index contributed by atoms with van der Waals surface area (Å²) in [6.45, 7) is 10.5. The quantitative estimate of drug-likeness (QED) is 0.801. The lowest BCUT2D eigenvalue weighted by Gasteiger charge is -2.43. The van der Waals surface area contributed by atoms with Gasteiger partial charge in [-0.05, 0) is 36.6 Å². The Morgan fingerprint density at radius 3 is 2.41 bits per heavy atom. The fourth-order valence-corrected chi connectivity index (χ4v) is 3.39. The van der Waals surface area contributed by atoms with Crippen molar-refractivity contribution in [2.45, 2.75) is 58.9 Å². The maximum Gasteiger partial charge on any atom is 0.0217 e. The van der Waals surface area contributed by atoms with Crippen LogP contribution in [0.25, 0.3) is 0 Å². The minimum absolute atomic E-state index is 0.239. The molecule has 0 spiro atoms. The number of piperidine rings is 1. The molecule has 100 valence electrons. The molecule has 0 aromatic rings. The number of likely N-dealkylation sites (tertiary alicyclic amines) is 1. The van der Waals surface area contributed by atoms with E-state index in [1.165, 1.54) is 45.2 Å². The maximum atomic E-state index is 6.31. The van der Waals surface area contributed by atoms with Gasteiger partial charge >= 0.3 is 0 Å². The summed E-state index contributed by atoms with van der Waals surface area (Å²) in [5.74, 6) is 2.01.